The number of carbonyl (C=O) groups excluding carboxylic acids is 4. The van der Waals surface area contributed by atoms with Crippen molar-refractivity contribution in [1.29, 1.82) is 0 Å². The summed E-state index contributed by atoms with van der Waals surface area (Å²) in [6, 6.07) is 2.88. The number of benzene rings is 1. The van der Waals surface area contributed by atoms with Crippen molar-refractivity contribution in [3.05, 3.63) is 48.3 Å². The Balaban J connectivity index is -0.000000410. The lowest BCUT2D eigenvalue weighted by Gasteiger charge is -2.24. The molecule has 0 bridgehead atoms. The Kier molecular flexibility index (Phi) is 32.4. The van der Waals surface area contributed by atoms with E-state index in [9.17, 15) is 23.6 Å². The molecule has 1 aromatic carbocycles. The second kappa shape index (κ2) is 30.3. The van der Waals surface area contributed by atoms with E-state index in [0.29, 0.717) is 19.4 Å². The number of carboxylic acids is 1. The number of nitrogens with two attached hydrogens (primary N) is 1. The van der Waals surface area contributed by atoms with Crippen LogP contribution in [0.3, 0.4) is 0 Å². The first kappa shape index (κ1) is 48.2. The van der Waals surface area contributed by atoms with E-state index in [1.807, 2.05) is 33.8 Å². The summed E-state index contributed by atoms with van der Waals surface area (Å²) in [7, 11) is 0. The maximum atomic E-state index is 13.0. The molecule has 1 aromatic rings. The van der Waals surface area contributed by atoms with Crippen LogP contribution >= 0.6 is 0 Å². The number of halogens is 1. The molecule has 1 unspecified atom stereocenters. The largest absolute Gasteiger partial charge is 0.481 e. The monoisotopic (exact) mass is 640 g/mol. The lowest BCUT2D eigenvalue weighted by Crippen LogP contribution is -2.52. The number of primary amides is 1. The van der Waals surface area contributed by atoms with Crippen LogP contribution in [0.5, 0.6) is 0 Å². The molecule has 4 amide bonds. The number of carboxylic acid groups (broad SMARTS) is 1. The van der Waals surface area contributed by atoms with Gasteiger partial charge in [-0.25, -0.2) is 9.18 Å². The number of ketones is 1. The number of carbonyl (C=O) groups is 5. The molecule has 0 saturated carbocycles. The zero-order chi connectivity index (χ0) is 36.1. The molecule has 11 heteroatoms. The van der Waals surface area contributed by atoms with Crippen LogP contribution in [0.15, 0.2) is 36.9 Å². The van der Waals surface area contributed by atoms with E-state index in [-0.39, 0.29) is 23.8 Å². The number of hydrogen-bond acceptors (Lipinski definition) is 5. The van der Waals surface area contributed by atoms with Crippen LogP contribution in [-0.2, 0) is 14.4 Å². The molecule has 260 valence electrons. The van der Waals surface area contributed by atoms with Gasteiger partial charge in [0.2, 0.25) is 11.8 Å². The predicted octanol–water partition coefficient (Wildman–Crippen LogP) is 6.59. The van der Waals surface area contributed by atoms with Crippen LogP contribution in [0, 0.1) is 17.7 Å². The third-order valence-corrected chi connectivity index (χ3v) is 5.16. The number of amides is 4. The van der Waals surface area contributed by atoms with E-state index in [0.717, 1.165) is 19.3 Å². The topological polar surface area (TPSA) is 159 Å². The number of unbranched alkanes of at least 4 members (excludes halogenated alkanes) is 1. The van der Waals surface area contributed by atoms with Crippen molar-refractivity contribution in [2.24, 2.45) is 17.6 Å². The smallest absolute Gasteiger partial charge is 0.315 e. The molecule has 45 heavy (non-hydrogen) atoms. The van der Waals surface area contributed by atoms with Gasteiger partial charge in [-0.1, -0.05) is 81.7 Å². The maximum Gasteiger partial charge on any atom is 0.315 e. The van der Waals surface area contributed by atoms with Gasteiger partial charge in [-0.15, -0.1) is 6.58 Å². The fourth-order valence-corrected chi connectivity index (χ4v) is 3.34. The normalized spacial score (nSPS) is 13.2. The average molecular weight is 641 g/mol. The Hall–Kier alpha value is -3.76. The van der Waals surface area contributed by atoms with Gasteiger partial charge < -0.3 is 26.4 Å². The molecule has 1 heterocycles. The number of nitrogens with one attached hydrogen (secondary N) is 2. The highest BCUT2D eigenvalue weighted by Gasteiger charge is 2.32. The van der Waals surface area contributed by atoms with Crippen LogP contribution in [-0.4, -0.2) is 64.8 Å². The van der Waals surface area contributed by atoms with Gasteiger partial charge in [0, 0.05) is 19.0 Å². The van der Waals surface area contributed by atoms with Crippen LogP contribution < -0.4 is 16.4 Å². The van der Waals surface area contributed by atoms with E-state index >= 15 is 0 Å². The van der Waals surface area contributed by atoms with Crippen molar-refractivity contribution in [2.45, 2.75) is 114 Å². The van der Waals surface area contributed by atoms with Crippen LogP contribution in [0.4, 0.5) is 9.18 Å². The fourth-order valence-electron chi connectivity index (χ4n) is 3.34. The molecule has 1 fully saturated rings. The van der Waals surface area contributed by atoms with E-state index in [2.05, 4.69) is 44.9 Å². The van der Waals surface area contributed by atoms with Gasteiger partial charge in [-0.3, -0.25) is 19.2 Å². The van der Waals surface area contributed by atoms with Crippen molar-refractivity contribution < 1.29 is 33.5 Å². The first-order valence-electron chi connectivity index (χ1n) is 15.8. The third-order valence-electron chi connectivity index (χ3n) is 5.16. The van der Waals surface area contributed by atoms with Crippen molar-refractivity contribution in [3.63, 3.8) is 0 Å². The average Bonchev–Trinajstić information content (AvgIpc) is 3.48. The van der Waals surface area contributed by atoms with Gasteiger partial charge in [0.05, 0.1) is 12.6 Å². The summed E-state index contributed by atoms with van der Waals surface area (Å²) in [4.78, 5) is 58.8. The second-order valence-electron chi connectivity index (χ2n) is 10.4. The number of likely N-dealkylation sites (tertiary alicyclic amines) is 1. The molecule has 0 aromatic heterocycles. The highest BCUT2D eigenvalue weighted by Crippen LogP contribution is 2.16. The summed E-state index contributed by atoms with van der Waals surface area (Å²) >= 11 is 0. The first-order chi connectivity index (χ1) is 21.1. The molecule has 2 atom stereocenters. The molecule has 2 rings (SSSR count). The molecular formula is C34H61FN4O6. The number of hydrogen-bond donors (Lipinski definition) is 4. The maximum absolute atomic E-state index is 13.0. The molecule has 1 saturated heterocycles. The molecule has 0 radical (unpaired) electrons. The third kappa shape index (κ3) is 26.4. The standard InChI is InChI=1S/C19H25FN4O4.C5H10.C4H10.C2H4O2.2C2H6/c1-11(2)16(17(26)12-5-7-13(20)8-6-12)23-19(28)22-10-15(25)24-9-3-4-14(24)18(21)27;1-3-5-4-2;1-4(2)3;1-2(3)4;2*1-2/h5-8,11,14,16H,3-4,9-10H2,1-2H3,(H2,21,27)(H2,22,23,28);3H,1,4-5H2,2H3;4H,1-3H3;1H3,(H,3,4);2*1-2H3/t14-,16?;;;;;/m0...../s1. The van der Waals surface area contributed by atoms with Gasteiger partial charge >= 0.3 is 6.03 Å². The Morgan fingerprint density at radius 3 is 1.87 bits per heavy atom. The summed E-state index contributed by atoms with van der Waals surface area (Å²) in [5.41, 5.74) is 5.56. The van der Waals surface area contributed by atoms with Crippen molar-refractivity contribution in [1.82, 2.24) is 15.5 Å². The number of rotatable bonds is 9. The summed E-state index contributed by atoms with van der Waals surface area (Å²) in [6.45, 7) is 24.9. The molecule has 1 aliphatic rings. The Bertz CT molecular complexity index is 961. The van der Waals surface area contributed by atoms with E-state index in [1.165, 1.54) is 35.6 Å². The van der Waals surface area contributed by atoms with Crippen molar-refractivity contribution >= 4 is 29.6 Å². The van der Waals surface area contributed by atoms with Crippen LogP contribution in [0.1, 0.15) is 112 Å². The molecule has 5 N–H and O–H groups in total. The number of allylic oxidation sites excluding steroid dienone is 1. The van der Waals surface area contributed by atoms with E-state index in [4.69, 9.17) is 15.6 Å². The minimum atomic E-state index is -0.842. The number of Topliss-reactive ketones (excluding diaryl/α,β-unsaturated/α-hetero) is 1. The van der Waals surface area contributed by atoms with Crippen LogP contribution in [0.2, 0.25) is 0 Å². The Morgan fingerprint density at radius 1 is 1.04 bits per heavy atom. The highest BCUT2D eigenvalue weighted by molar-refractivity contribution is 6.02. The minimum Gasteiger partial charge on any atom is -0.481 e. The number of aliphatic carboxylic acids is 1. The van der Waals surface area contributed by atoms with E-state index < -0.39 is 41.7 Å². The number of nitrogens with zero attached hydrogens (tertiary/aromatic N) is 1. The molecule has 0 aliphatic carbocycles. The van der Waals surface area contributed by atoms with E-state index in [1.54, 1.807) is 13.8 Å². The summed E-state index contributed by atoms with van der Waals surface area (Å²) in [5.74, 6) is -2.03. The molecule has 0 spiro atoms. The second-order valence-corrected chi connectivity index (χ2v) is 10.4. The lowest BCUT2D eigenvalue weighted by atomic mass is 9.95. The van der Waals surface area contributed by atoms with Gasteiger partial charge in [0.25, 0.3) is 5.97 Å². The highest BCUT2D eigenvalue weighted by atomic mass is 19.1. The minimum absolute atomic E-state index is 0.225. The quantitative estimate of drug-likeness (QED) is 0.176. The predicted molar refractivity (Wildman–Crippen MR) is 181 cm³/mol. The van der Waals surface area contributed by atoms with Gasteiger partial charge in [-0.05, 0) is 55.4 Å². The van der Waals surface area contributed by atoms with Gasteiger partial charge in [-0.2, -0.15) is 0 Å². The van der Waals surface area contributed by atoms with Crippen LogP contribution in [0.25, 0.3) is 0 Å². The zero-order valence-electron chi connectivity index (χ0n) is 29.5. The molecular weight excluding hydrogens is 579 g/mol. The molecule has 1 aliphatic heterocycles. The van der Waals surface area contributed by atoms with Crippen molar-refractivity contribution in [2.75, 3.05) is 13.1 Å². The SMILES string of the molecule is C=CCCC.CC.CC.CC(=O)O.CC(C)C.CC(C)C(NC(=O)NCC(=O)N1CCC[C@H]1C(N)=O)C(=O)c1ccc(F)cc1. The summed E-state index contributed by atoms with van der Waals surface area (Å²) in [6.07, 6.45) is 5.49. The first-order valence-corrected chi connectivity index (χ1v) is 15.8. The summed E-state index contributed by atoms with van der Waals surface area (Å²) in [5, 5.41) is 12.4. The number of urea groups is 1. The Labute approximate surface area is 271 Å². The lowest BCUT2D eigenvalue weighted by molar-refractivity contribution is -0.136. The van der Waals surface area contributed by atoms with Gasteiger partial charge in [0.1, 0.15) is 11.9 Å². The Morgan fingerprint density at radius 2 is 1.51 bits per heavy atom. The zero-order valence-corrected chi connectivity index (χ0v) is 29.5. The van der Waals surface area contributed by atoms with Crippen molar-refractivity contribution in [3.8, 4) is 0 Å². The fraction of sp³-hybridized carbons (Fsp3) is 0.618. The molecule has 10 nitrogen and oxygen atoms in total. The summed E-state index contributed by atoms with van der Waals surface area (Å²) < 4.78 is 13.0. The van der Waals surface area contributed by atoms with Gasteiger partial charge in [0.15, 0.2) is 5.78 Å².